The van der Waals surface area contributed by atoms with E-state index in [1.54, 1.807) is 6.20 Å². The molecule has 4 bridgehead atoms. The Kier molecular flexibility index (Phi) is 5.72. The zero-order valence-corrected chi connectivity index (χ0v) is 22.3. The molecule has 1 amide bonds. The fourth-order valence-corrected chi connectivity index (χ4v) is 8.82. The molecule has 198 valence electrons. The molecule has 0 aliphatic heterocycles. The molecule has 3 aromatic rings. The number of rotatable bonds is 8. The van der Waals surface area contributed by atoms with E-state index in [4.69, 9.17) is 17.3 Å². The SMILES string of the molecule is NC(CNC(=O)C1(c2ccc(Cl)cc2)CC1)C1C2CC3CC1CC(C(=O)Cc1ccnc4[nH]ccc14)(C3)C2. The Morgan fingerprint density at radius 3 is 2.53 bits per heavy atom. The van der Waals surface area contributed by atoms with Crippen molar-refractivity contribution >= 4 is 34.3 Å². The smallest absolute Gasteiger partial charge is 0.230 e. The van der Waals surface area contributed by atoms with Crippen LogP contribution in [0.15, 0.2) is 48.8 Å². The Bertz CT molecular complexity index is 1380. The highest BCUT2D eigenvalue weighted by Gasteiger charge is 2.59. The molecule has 1 aromatic carbocycles. The second kappa shape index (κ2) is 8.92. The van der Waals surface area contributed by atoms with E-state index in [0.717, 1.165) is 54.3 Å². The fourth-order valence-electron chi connectivity index (χ4n) is 8.69. The normalized spacial score (nSPS) is 31.3. The van der Waals surface area contributed by atoms with E-state index >= 15 is 0 Å². The number of carbonyl (C=O) groups excluding carboxylic acids is 2. The van der Waals surface area contributed by atoms with Crippen molar-refractivity contribution in [3.63, 3.8) is 0 Å². The Labute approximate surface area is 228 Å². The molecule has 3 unspecified atom stereocenters. The van der Waals surface area contributed by atoms with Gasteiger partial charge in [0.15, 0.2) is 0 Å². The van der Waals surface area contributed by atoms with Gasteiger partial charge in [-0.05, 0) is 104 Å². The number of hydrogen-bond acceptors (Lipinski definition) is 4. The van der Waals surface area contributed by atoms with Gasteiger partial charge in [-0.25, -0.2) is 4.98 Å². The quantitative estimate of drug-likeness (QED) is 0.383. The summed E-state index contributed by atoms with van der Waals surface area (Å²) in [6.07, 6.45) is 11.2. The van der Waals surface area contributed by atoms with Crippen LogP contribution in [0.5, 0.6) is 0 Å². The maximum Gasteiger partial charge on any atom is 0.230 e. The number of nitrogens with zero attached hydrogens (tertiary/aromatic N) is 1. The highest BCUT2D eigenvalue weighted by atomic mass is 35.5. The van der Waals surface area contributed by atoms with Gasteiger partial charge < -0.3 is 16.0 Å². The van der Waals surface area contributed by atoms with Crippen LogP contribution in [0, 0.1) is 29.1 Å². The maximum atomic E-state index is 13.9. The van der Waals surface area contributed by atoms with Gasteiger partial charge in [-0.2, -0.15) is 0 Å². The first-order valence-corrected chi connectivity index (χ1v) is 14.5. The van der Waals surface area contributed by atoms with Crippen molar-refractivity contribution in [1.82, 2.24) is 15.3 Å². The zero-order chi connectivity index (χ0) is 26.1. The molecular weight excluding hydrogens is 496 g/mol. The lowest BCUT2D eigenvalue weighted by Crippen LogP contribution is -2.59. The lowest BCUT2D eigenvalue weighted by Gasteiger charge is -2.60. The number of pyridine rings is 1. The van der Waals surface area contributed by atoms with Crippen LogP contribution >= 0.6 is 11.6 Å². The molecule has 5 aliphatic carbocycles. The van der Waals surface area contributed by atoms with Crippen molar-refractivity contribution < 1.29 is 9.59 Å². The van der Waals surface area contributed by atoms with Gasteiger partial charge in [0.25, 0.3) is 0 Å². The number of fused-ring (bicyclic) bond motifs is 1. The Morgan fingerprint density at radius 2 is 1.82 bits per heavy atom. The second-order valence-electron chi connectivity index (χ2n) is 12.6. The number of ketones is 1. The summed E-state index contributed by atoms with van der Waals surface area (Å²) in [6.45, 7) is 0.500. The van der Waals surface area contributed by atoms with E-state index in [9.17, 15) is 9.59 Å². The van der Waals surface area contributed by atoms with Crippen LogP contribution in [0.2, 0.25) is 5.02 Å². The molecule has 2 heterocycles. The molecule has 5 saturated carbocycles. The van der Waals surface area contributed by atoms with Crippen LogP contribution in [0.4, 0.5) is 0 Å². The van der Waals surface area contributed by atoms with E-state index in [0.29, 0.717) is 47.4 Å². The van der Waals surface area contributed by atoms with Gasteiger partial charge in [0, 0.05) is 47.2 Å². The lowest BCUT2D eigenvalue weighted by atomic mass is 9.44. The van der Waals surface area contributed by atoms with Crippen molar-refractivity contribution in [2.45, 2.75) is 62.8 Å². The number of nitrogens with two attached hydrogens (primary N) is 1. The third kappa shape index (κ3) is 3.91. The molecule has 5 aliphatic rings. The van der Waals surface area contributed by atoms with Gasteiger partial charge in [-0.3, -0.25) is 9.59 Å². The second-order valence-corrected chi connectivity index (χ2v) is 13.0. The Balaban J connectivity index is 1.03. The first-order chi connectivity index (χ1) is 18.4. The molecule has 4 N–H and O–H groups in total. The molecule has 7 heteroatoms. The first kappa shape index (κ1) is 24.3. The van der Waals surface area contributed by atoms with Gasteiger partial charge >= 0.3 is 0 Å². The number of amides is 1. The summed E-state index contributed by atoms with van der Waals surface area (Å²) in [5, 5.41) is 4.95. The van der Waals surface area contributed by atoms with Gasteiger partial charge in [-0.15, -0.1) is 0 Å². The third-order valence-corrected chi connectivity index (χ3v) is 10.7. The van der Waals surface area contributed by atoms with Gasteiger partial charge in [0.2, 0.25) is 5.91 Å². The van der Waals surface area contributed by atoms with Gasteiger partial charge in [0.05, 0.1) is 5.41 Å². The van der Waals surface area contributed by atoms with Crippen LogP contribution in [0.1, 0.15) is 56.1 Å². The summed E-state index contributed by atoms with van der Waals surface area (Å²) in [7, 11) is 0. The predicted molar refractivity (Wildman–Crippen MR) is 148 cm³/mol. The first-order valence-electron chi connectivity index (χ1n) is 14.1. The summed E-state index contributed by atoms with van der Waals surface area (Å²) >= 11 is 6.06. The monoisotopic (exact) mass is 530 g/mol. The largest absolute Gasteiger partial charge is 0.354 e. The van der Waals surface area contributed by atoms with Gasteiger partial charge in [-0.1, -0.05) is 23.7 Å². The van der Waals surface area contributed by atoms with Crippen molar-refractivity contribution in [1.29, 1.82) is 0 Å². The zero-order valence-electron chi connectivity index (χ0n) is 21.6. The van der Waals surface area contributed by atoms with E-state index < -0.39 is 5.41 Å². The molecule has 8 rings (SSSR count). The average molecular weight is 531 g/mol. The van der Waals surface area contributed by atoms with Crippen LogP contribution in [-0.4, -0.2) is 34.2 Å². The molecule has 0 saturated heterocycles. The molecule has 38 heavy (non-hydrogen) atoms. The number of halogens is 1. The number of H-pyrrole nitrogens is 1. The van der Waals surface area contributed by atoms with E-state index in [1.165, 1.54) is 12.8 Å². The number of aromatic nitrogens is 2. The summed E-state index contributed by atoms with van der Waals surface area (Å²) in [6, 6.07) is 11.6. The van der Waals surface area contributed by atoms with Crippen LogP contribution in [0.3, 0.4) is 0 Å². The van der Waals surface area contributed by atoms with Crippen LogP contribution < -0.4 is 11.1 Å². The number of aromatic amines is 1. The van der Waals surface area contributed by atoms with E-state index in [2.05, 4.69) is 15.3 Å². The number of hydrogen-bond donors (Lipinski definition) is 3. The molecule has 3 atom stereocenters. The molecule has 2 aromatic heterocycles. The standard InChI is InChI=1S/C31H35ClN4O2/c32-23-3-1-22(2-4-23)31(7-8-31)29(38)36-17-25(33)27-20-11-18-12-21(27)16-30(14-18,15-20)26(37)13-19-5-9-34-28-24(19)6-10-35-28/h1-6,9-10,18,20-21,25,27H,7-8,11-17,33H2,(H,34,35)(H,36,38). The minimum Gasteiger partial charge on any atom is -0.354 e. The molecule has 6 nitrogen and oxygen atoms in total. The van der Waals surface area contributed by atoms with Crippen molar-refractivity contribution in [2.24, 2.45) is 34.8 Å². The topological polar surface area (TPSA) is 101 Å². The van der Waals surface area contributed by atoms with Gasteiger partial charge in [0.1, 0.15) is 11.4 Å². The molecule has 0 radical (unpaired) electrons. The third-order valence-electron chi connectivity index (χ3n) is 10.4. The molecular formula is C31H35ClN4O2. The summed E-state index contributed by atoms with van der Waals surface area (Å²) in [4.78, 5) is 34.7. The average Bonchev–Trinajstić information content (AvgIpc) is 3.56. The lowest BCUT2D eigenvalue weighted by molar-refractivity contribution is -0.151. The minimum atomic E-state index is -0.428. The molecule has 0 spiro atoms. The van der Waals surface area contributed by atoms with E-state index in [-0.39, 0.29) is 17.4 Å². The van der Waals surface area contributed by atoms with Crippen LogP contribution in [-0.2, 0) is 21.4 Å². The van der Waals surface area contributed by atoms with Crippen molar-refractivity contribution in [3.8, 4) is 0 Å². The number of carbonyl (C=O) groups is 2. The molecule has 5 fully saturated rings. The number of benzene rings is 1. The summed E-state index contributed by atoms with van der Waals surface area (Å²) < 4.78 is 0. The predicted octanol–water partition coefficient (Wildman–Crippen LogP) is 4.95. The Hall–Kier alpha value is -2.70. The number of Topliss-reactive ketones (excluding diaryl/α,β-unsaturated/α-hetero) is 1. The maximum absolute atomic E-state index is 13.9. The van der Waals surface area contributed by atoms with Crippen LogP contribution in [0.25, 0.3) is 11.0 Å². The number of nitrogens with one attached hydrogen (secondary N) is 2. The minimum absolute atomic E-state index is 0.0817. The fraction of sp³-hybridized carbons (Fsp3) is 0.516. The highest BCUT2D eigenvalue weighted by molar-refractivity contribution is 6.30. The summed E-state index contributed by atoms with van der Waals surface area (Å²) in [5.41, 5.74) is 9.15. The Morgan fingerprint density at radius 1 is 1.08 bits per heavy atom. The van der Waals surface area contributed by atoms with E-state index in [1.807, 2.05) is 42.6 Å². The summed E-state index contributed by atoms with van der Waals surface area (Å²) in [5.74, 6) is 2.40. The highest BCUT2D eigenvalue weighted by Crippen LogP contribution is 2.63. The van der Waals surface area contributed by atoms with Crippen molar-refractivity contribution in [3.05, 3.63) is 64.9 Å². The van der Waals surface area contributed by atoms with Crippen molar-refractivity contribution in [2.75, 3.05) is 6.54 Å².